The lowest BCUT2D eigenvalue weighted by Gasteiger charge is -2.35. The molecule has 0 atom stereocenters. The van der Waals surface area contributed by atoms with Crippen molar-refractivity contribution in [1.82, 2.24) is 4.90 Å². The molecule has 1 aliphatic heterocycles. The molecule has 0 aliphatic carbocycles. The van der Waals surface area contributed by atoms with Crippen LogP contribution < -0.4 is 4.90 Å². The van der Waals surface area contributed by atoms with E-state index in [0.29, 0.717) is 0 Å². The molecule has 0 spiro atoms. The van der Waals surface area contributed by atoms with E-state index in [1.165, 1.54) is 16.8 Å². The van der Waals surface area contributed by atoms with Gasteiger partial charge in [-0.25, -0.2) is 0 Å². The van der Waals surface area contributed by atoms with E-state index in [0.717, 1.165) is 38.5 Å². The van der Waals surface area contributed by atoms with Gasteiger partial charge in [0, 0.05) is 31.9 Å². The first kappa shape index (κ1) is 13.3. The maximum absolute atomic E-state index is 5.54. The van der Waals surface area contributed by atoms with Gasteiger partial charge >= 0.3 is 0 Å². The lowest BCUT2D eigenvalue weighted by atomic mass is 10.2. The molecule has 1 saturated heterocycles. The van der Waals surface area contributed by atoms with E-state index in [-0.39, 0.29) is 0 Å². The van der Waals surface area contributed by atoms with Crippen molar-refractivity contribution in [3.05, 3.63) is 53.5 Å². The predicted molar refractivity (Wildman–Crippen MR) is 82.1 cm³/mol. The summed E-state index contributed by atoms with van der Waals surface area (Å²) in [5.41, 5.74) is 3.86. The van der Waals surface area contributed by atoms with Crippen molar-refractivity contribution in [2.75, 3.05) is 31.1 Å². The topological polar surface area (TPSA) is 19.6 Å². The normalized spacial score (nSPS) is 16.6. The highest BCUT2D eigenvalue weighted by molar-refractivity contribution is 5.47. The Morgan fingerprint density at radius 3 is 2.25 bits per heavy atom. The summed E-state index contributed by atoms with van der Waals surface area (Å²) >= 11 is 0. The van der Waals surface area contributed by atoms with Gasteiger partial charge in [0.1, 0.15) is 5.76 Å². The van der Waals surface area contributed by atoms with Crippen LogP contribution in [0.2, 0.25) is 0 Å². The van der Waals surface area contributed by atoms with Crippen LogP contribution >= 0.6 is 0 Å². The minimum absolute atomic E-state index is 0.926. The maximum Gasteiger partial charge on any atom is 0.118 e. The van der Waals surface area contributed by atoms with Crippen LogP contribution in [0, 0.1) is 13.8 Å². The first-order valence-electron chi connectivity index (χ1n) is 7.29. The minimum atomic E-state index is 0.926. The molecule has 3 rings (SSSR count). The van der Waals surface area contributed by atoms with Gasteiger partial charge in [0.25, 0.3) is 0 Å². The first-order chi connectivity index (χ1) is 9.70. The molecule has 0 N–H and O–H groups in total. The van der Waals surface area contributed by atoms with E-state index in [1.807, 2.05) is 6.26 Å². The lowest BCUT2D eigenvalue weighted by molar-refractivity contribution is 0.230. The van der Waals surface area contributed by atoms with Gasteiger partial charge in [-0.05, 0) is 37.6 Å². The van der Waals surface area contributed by atoms with E-state index < -0.39 is 0 Å². The average Bonchev–Trinajstić information content (AvgIpc) is 2.86. The number of furan rings is 1. The van der Waals surface area contributed by atoms with Crippen molar-refractivity contribution in [3.8, 4) is 0 Å². The number of benzene rings is 1. The second kappa shape index (κ2) is 5.71. The molecule has 2 aromatic rings. The summed E-state index contributed by atoms with van der Waals surface area (Å²) in [5, 5.41) is 0. The minimum Gasteiger partial charge on any atom is -0.468 e. The summed E-state index contributed by atoms with van der Waals surface area (Å²) in [6, 6.07) is 11.0. The van der Waals surface area contributed by atoms with Crippen molar-refractivity contribution >= 4 is 5.69 Å². The Balaban J connectivity index is 1.55. The van der Waals surface area contributed by atoms with Crippen LogP contribution in [0.1, 0.15) is 16.9 Å². The molecule has 1 aromatic heterocycles. The van der Waals surface area contributed by atoms with Crippen LogP contribution in [0.5, 0.6) is 0 Å². The number of piperazine rings is 1. The zero-order chi connectivity index (χ0) is 13.9. The summed E-state index contributed by atoms with van der Waals surface area (Å²) in [7, 11) is 0. The van der Waals surface area contributed by atoms with Gasteiger partial charge in [-0.1, -0.05) is 17.7 Å². The highest BCUT2D eigenvalue weighted by Gasteiger charge is 2.18. The van der Waals surface area contributed by atoms with Crippen LogP contribution in [-0.2, 0) is 6.54 Å². The summed E-state index contributed by atoms with van der Waals surface area (Å²) < 4.78 is 5.54. The molecule has 0 amide bonds. The van der Waals surface area contributed by atoms with Gasteiger partial charge in [-0.2, -0.15) is 0 Å². The van der Waals surface area contributed by atoms with Crippen LogP contribution in [0.15, 0.2) is 41.0 Å². The Morgan fingerprint density at radius 2 is 1.65 bits per heavy atom. The Labute approximate surface area is 120 Å². The molecule has 1 aromatic carbocycles. The summed E-state index contributed by atoms with van der Waals surface area (Å²) in [6.45, 7) is 9.48. The van der Waals surface area contributed by atoms with Crippen LogP contribution in [0.4, 0.5) is 5.69 Å². The SMILES string of the molecule is Cc1ccc(N2CCN(Cc3cc(C)co3)CC2)cc1. The zero-order valence-corrected chi connectivity index (χ0v) is 12.3. The van der Waals surface area contributed by atoms with Crippen molar-refractivity contribution < 1.29 is 4.42 Å². The third-order valence-corrected chi connectivity index (χ3v) is 3.94. The first-order valence-corrected chi connectivity index (χ1v) is 7.29. The van der Waals surface area contributed by atoms with Gasteiger partial charge in [0.05, 0.1) is 12.8 Å². The molecule has 2 heterocycles. The Morgan fingerprint density at radius 1 is 0.950 bits per heavy atom. The molecular formula is C17H22N2O. The molecule has 0 bridgehead atoms. The van der Waals surface area contributed by atoms with Crippen molar-refractivity contribution in [2.24, 2.45) is 0 Å². The molecular weight excluding hydrogens is 248 g/mol. The number of aryl methyl sites for hydroxylation is 2. The molecule has 3 heteroatoms. The molecule has 106 valence electrons. The van der Waals surface area contributed by atoms with Gasteiger partial charge in [0.2, 0.25) is 0 Å². The van der Waals surface area contributed by atoms with E-state index >= 15 is 0 Å². The van der Waals surface area contributed by atoms with E-state index in [1.54, 1.807) is 0 Å². The second-order valence-electron chi connectivity index (χ2n) is 5.69. The Hall–Kier alpha value is -1.74. The van der Waals surface area contributed by atoms with Crippen molar-refractivity contribution in [3.63, 3.8) is 0 Å². The third-order valence-electron chi connectivity index (χ3n) is 3.94. The van der Waals surface area contributed by atoms with Gasteiger partial charge in [0.15, 0.2) is 0 Å². The molecule has 20 heavy (non-hydrogen) atoms. The molecule has 0 unspecified atom stereocenters. The average molecular weight is 270 g/mol. The van der Waals surface area contributed by atoms with E-state index in [9.17, 15) is 0 Å². The fraction of sp³-hybridized carbons (Fsp3) is 0.412. The van der Waals surface area contributed by atoms with Gasteiger partial charge in [-0.15, -0.1) is 0 Å². The summed E-state index contributed by atoms with van der Waals surface area (Å²) in [5.74, 6) is 1.08. The number of rotatable bonds is 3. The largest absolute Gasteiger partial charge is 0.468 e. The van der Waals surface area contributed by atoms with Crippen LogP contribution in [-0.4, -0.2) is 31.1 Å². The number of nitrogens with zero attached hydrogens (tertiary/aromatic N) is 2. The molecule has 0 radical (unpaired) electrons. The molecule has 1 aliphatic rings. The second-order valence-corrected chi connectivity index (χ2v) is 5.69. The fourth-order valence-corrected chi connectivity index (χ4v) is 2.71. The molecule has 3 nitrogen and oxygen atoms in total. The van der Waals surface area contributed by atoms with E-state index in [4.69, 9.17) is 4.42 Å². The van der Waals surface area contributed by atoms with Gasteiger partial charge < -0.3 is 9.32 Å². The van der Waals surface area contributed by atoms with Crippen molar-refractivity contribution in [2.45, 2.75) is 20.4 Å². The summed E-state index contributed by atoms with van der Waals surface area (Å²) in [6.07, 6.45) is 1.83. The lowest BCUT2D eigenvalue weighted by Crippen LogP contribution is -2.45. The Kier molecular flexibility index (Phi) is 3.79. The molecule has 0 saturated carbocycles. The monoisotopic (exact) mass is 270 g/mol. The number of anilines is 1. The third kappa shape index (κ3) is 3.05. The number of hydrogen-bond acceptors (Lipinski definition) is 3. The fourth-order valence-electron chi connectivity index (χ4n) is 2.71. The number of hydrogen-bond donors (Lipinski definition) is 0. The molecule has 1 fully saturated rings. The predicted octanol–water partition coefficient (Wildman–Crippen LogP) is 3.22. The zero-order valence-electron chi connectivity index (χ0n) is 12.3. The van der Waals surface area contributed by atoms with Crippen molar-refractivity contribution in [1.29, 1.82) is 0 Å². The highest BCUT2D eigenvalue weighted by atomic mass is 16.3. The van der Waals surface area contributed by atoms with E-state index in [2.05, 4.69) is 54.0 Å². The van der Waals surface area contributed by atoms with Crippen LogP contribution in [0.25, 0.3) is 0 Å². The van der Waals surface area contributed by atoms with Crippen LogP contribution in [0.3, 0.4) is 0 Å². The summed E-state index contributed by atoms with van der Waals surface area (Å²) in [4.78, 5) is 4.92. The Bertz CT molecular complexity index is 551. The standard InChI is InChI=1S/C17H22N2O/c1-14-3-5-16(6-4-14)19-9-7-18(8-10-19)12-17-11-15(2)13-20-17/h3-6,11,13H,7-10,12H2,1-2H3. The van der Waals surface area contributed by atoms with Gasteiger partial charge in [-0.3, -0.25) is 4.90 Å². The highest BCUT2D eigenvalue weighted by Crippen LogP contribution is 2.18. The smallest absolute Gasteiger partial charge is 0.118 e. The maximum atomic E-state index is 5.54. The quantitative estimate of drug-likeness (QED) is 0.854.